The molecule has 3 aromatic rings. The van der Waals surface area contributed by atoms with Crippen molar-refractivity contribution < 1.29 is 9.63 Å². The van der Waals surface area contributed by atoms with Gasteiger partial charge in [0.15, 0.2) is 5.76 Å². The second kappa shape index (κ2) is 7.38. The van der Waals surface area contributed by atoms with Crippen molar-refractivity contribution in [2.75, 3.05) is 0 Å². The van der Waals surface area contributed by atoms with E-state index >= 15 is 0 Å². The Hall–Kier alpha value is -2.52. The lowest BCUT2D eigenvalue weighted by Gasteiger charge is -2.35. The quantitative estimate of drug-likeness (QED) is 0.526. The number of benzene rings is 2. The normalized spacial score (nSPS) is 17.8. The largest absolute Gasteiger partial charge is 0.508 e. The number of aromatic hydroxyl groups is 1. The summed E-state index contributed by atoms with van der Waals surface area (Å²) in [6, 6.07) is 13.8. The molecule has 0 bridgehead atoms. The molecule has 5 rings (SSSR count). The minimum absolute atomic E-state index is 0.0286. The number of hydrogen-bond donors (Lipinski definition) is 1. The summed E-state index contributed by atoms with van der Waals surface area (Å²) in [5.41, 5.74) is 5.63. The van der Waals surface area contributed by atoms with Crippen molar-refractivity contribution in [1.82, 2.24) is 5.16 Å². The zero-order valence-electron chi connectivity index (χ0n) is 16.3. The van der Waals surface area contributed by atoms with Gasteiger partial charge in [-0.3, -0.25) is 0 Å². The third-order valence-electron chi connectivity index (χ3n) is 6.53. The molecule has 0 atom stereocenters. The highest BCUT2D eigenvalue weighted by Gasteiger charge is 2.32. The van der Waals surface area contributed by atoms with E-state index in [4.69, 9.17) is 16.1 Å². The Morgan fingerprint density at radius 1 is 1.00 bits per heavy atom. The average molecular weight is 406 g/mol. The van der Waals surface area contributed by atoms with Gasteiger partial charge >= 0.3 is 0 Å². The summed E-state index contributed by atoms with van der Waals surface area (Å²) in [6.07, 6.45) is 12.3. The maximum atomic E-state index is 9.76. The van der Waals surface area contributed by atoms with E-state index in [1.807, 2.05) is 24.3 Å². The number of aryl methyl sites for hydroxylation is 1. The first kappa shape index (κ1) is 18.5. The van der Waals surface area contributed by atoms with Crippen LogP contribution in [0, 0.1) is 0 Å². The number of phenols is 1. The van der Waals surface area contributed by atoms with Gasteiger partial charge in [0.25, 0.3) is 0 Å². The molecule has 0 saturated heterocycles. The molecule has 4 heteroatoms. The van der Waals surface area contributed by atoms with Crippen LogP contribution in [0.1, 0.15) is 54.6 Å². The molecule has 2 aromatic carbocycles. The fourth-order valence-electron chi connectivity index (χ4n) is 4.93. The summed E-state index contributed by atoms with van der Waals surface area (Å²) < 4.78 is 5.78. The number of allylic oxidation sites excluding steroid dienone is 1. The minimum Gasteiger partial charge on any atom is -0.508 e. The molecule has 1 N–H and O–H groups in total. The van der Waals surface area contributed by atoms with E-state index in [9.17, 15) is 5.11 Å². The van der Waals surface area contributed by atoms with Crippen LogP contribution in [-0.4, -0.2) is 10.3 Å². The van der Waals surface area contributed by atoms with E-state index in [2.05, 4.69) is 29.4 Å². The van der Waals surface area contributed by atoms with Gasteiger partial charge in [0.1, 0.15) is 11.4 Å². The molecule has 0 unspecified atom stereocenters. The van der Waals surface area contributed by atoms with Gasteiger partial charge in [0, 0.05) is 21.6 Å². The zero-order valence-corrected chi connectivity index (χ0v) is 17.1. The van der Waals surface area contributed by atoms with Crippen LogP contribution in [-0.2, 0) is 18.3 Å². The third-order valence-corrected chi connectivity index (χ3v) is 6.78. The highest BCUT2D eigenvalue weighted by Crippen LogP contribution is 2.42. The summed E-state index contributed by atoms with van der Waals surface area (Å²) in [5, 5.41) is 14.9. The summed E-state index contributed by atoms with van der Waals surface area (Å²) in [4.78, 5) is 0. The van der Waals surface area contributed by atoms with E-state index in [0.717, 1.165) is 53.3 Å². The first-order chi connectivity index (χ1) is 14.1. The zero-order chi connectivity index (χ0) is 19.8. The van der Waals surface area contributed by atoms with Gasteiger partial charge in [-0.25, -0.2) is 0 Å². The fraction of sp³-hybridized carbons (Fsp3) is 0.320. The molecule has 0 amide bonds. The topological polar surface area (TPSA) is 46.3 Å². The highest BCUT2D eigenvalue weighted by molar-refractivity contribution is 6.30. The van der Waals surface area contributed by atoms with Crippen LogP contribution >= 0.6 is 11.6 Å². The number of fused-ring (bicyclic) bond motifs is 3. The molecule has 0 spiro atoms. The summed E-state index contributed by atoms with van der Waals surface area (Å²) >= 11 is 6.13. The smallest absolute Gasteiger partial charge is 0.163 e. The van der Waals surface area contributed by atoms with Crippen molar-refractivity contribution in [2.45, 2.75) is 50.4 Å². The molecule has 148 valence electrons. The fourth-order valence-corrected chi connectivity index (χ4v) is 5.06. The van der Waals surface area contributed by atoms with E-state index in [0.29, 0.717) is 5.75 Å². The van der Waals surface area contributed by atoms with Gasteiger partial charge in [0.2, 0.25) is 0 Å². The van der Waals surface area contributed by atoms with E-state index in [-0.39, 0.29) is 5.41 Å². The second-order valence-electron chi connectivity index (χ2n) is 8.27. The van der Waals surface area contributed by atoms with Crippen LogP contribution < -0.4 is 0 Å². The molecule has 1 aromatic heterocycles. The van der Waals surface area contributed by atoms with Crippen molar-refractivity contribution in [3.05, 3.63) is 76.0 Å². The number of aromatic nitrogens is 1. The lowest BCUT2D eigenvalue weighted by Crippen LogP contribution is -2.26. The second-order valence-corrected chi connectivity index (χ2v) is 8.71. The SMILES string of the molecule is Oc1ccc2c(c1)CCc1c-2noc1/C=C/C1(c2ccc(Cl)cc2)CCCCC1. The lowest BCUT2D eigenvalue weighted by molar-refractivity contribution is 0.357. The van der Waals surface area contributed by atoms with Crippen LogP contribution in [0.25, 0.3) is 17.3 Å². The third kappa shape index (κ3) is 3.38. The predicted octanol–water partition coefficient (Wildman–Crippen LogP) is 6.71. The van der Waals surface area contributed by atoms with Crippen LogP contribution in [0.5, 0.6) is 5.75 Å². The summed E-state index contributed by atoms with van der Waals surface area (Å²) in [6.45, 7) is 0. The maximum Gasteiger partial charge on any atom is 0.163 e. The lowest BCUT2D eigenvalue weighted by atomic mass is 9.69. The van der Waals surface area contributed by atoms with Crippen molar-refractivity contribution in [2.24, 2.45) is 0 Å². The number of nitrogens with zero attached hydrogens (tertiary/aromatic N) is 1. The van der Waals surface area contributed by atoms with Crippen LogP contribution in [0.4, 0.5) is 0 Å². The molecular weight excluding hydrogens is 382 g/mol. The van der Waals surface area contributed by atoms with E-state index < -0.39 is 0 Å². The number of halogens is 1. The molecule has 0 aliphatic heterocycles. The van der Waals surface area contributed by atoms with Crippen LogP contribution in [0.2, 0.25) is 5.02 Å². The standard InChI is InChI=1S/C25H24ClNO2/c26-19-7-5-18(6-8-19)25(13-2-1-3-14-25)15-12-23-22-10-4-17-16-20(28)9-11-21(17)24(22)27-29-23/h5-9,11-12,15-16,28H,1-4,10,13-14H2/b15-12+. The van der Waals surface area contributed by atoms with E-state index in [1.54, 1.807) is 6.07 Å². The summed E-state index contributed by atoms with van der Waals surface area (Å²) in [5.74, 6) is 1.16. The molecule has 3 nitrogen and oxygen atoms in total. The van der Waals surface area contributed by atoms with Gasteiger partial charge in [-0.2, -0.15) is 0 Å². The molecule has 29 heavy (non-hydrogen) atoms. The molecule has 1 heterocycles. The number of phenolic OH excluding ortho intramolecular Hbond substituents is 1. The van der Waals surface area contributed by atoms with Crippen molar-refractivity contribution in [3.63, 3.8) is 0 Å². The highest BCUT2D eigenvalue weighted by atomic mass is 35.5. The van der Waals surface area contributed by atoms with Gasteiger partial charge in [-0.1, -0.05) is 54.2 Å². The monoisotopic (exact) mass is 405 g/mol. The Labute approximate surface area is 176 Å². The number of hydrogen-bond acceptors (Lipinski definition) is 3. The first-order valence-corrected chi connectivity index (χ1v) is 10.8. The Morgan fingerprint density at radius 3 is 2.59 bits per heavy atom. The Morgan fingerprint density at radius 2 is 1.79 bits per heavy atom. The molecule has 1 saturated carbocycles. The van der Waals surface area contributed by atoms with Gasteiger partial charge in [-0.15, -0.1) is 0 Å². The van der Waals surface area contributed by atoms with Crippen LogP contribution in [0.3, 0.4) is 0 Å². The molecule has 2 aliphatic rings. The predicted molar refractivity (Wildman–Crippen MR) is 116 cm³/mol. The van der Waals surface area contributed by atoms with Crippen molar-refractivity contribution in [3.8, 4) is 17.0 Å². The molecule has 2 aliphatic carbocycles. The molecular formula is C25H24ClNO2. The minimum atomic E-state index is 0.0286. The molecule has 1 fully saturated rings. The van der Waals surface area contributed by atoms with Gasteiger partial charge in [-0.05, 0) is 73.2 Å². The first-order valence-electron chi connectivity index (χ1n) is 10.4. The van der Waals surface area contributed by atoms with Crippen LogP contribution in [0.15, 0.2) is 53.1 Å². The number of rotatable bonds is 3. The Balaban J connectivity index is 1.51. The maximum absolute atomic E-state index is 9.76. The average Bonchev–Trinajstić information content (AvgIpc) is 3.16. The van der Waals surface area contributed by atoms with E-state index in [1.165, 1.54) is 30.4 Å². The molecule has 0 radical (unpaired) electrons. The van der Waals surface area contributed by atoms with Gasteiger partial charge in [0.05, 0.1) is 0 Å². The van der Waals surface area contributed by atoms with Gasteiger partial charge < -0.3 is 9.63 Å². The Bertz CT molecular complexity index is 1060. The Kier molecular flexibility index (Phi) is 4.71. The van der Waals surface area contributed by atoms with Crippen molar-refractivity contribution in [1.29, 1.82) is 0 Å². The van der Waals surface area contributed by atoms with Crippen molar-refractivity contribution >= 4 is 17.7 Å². The summed E-state index contributed by atoms with van der Waals surface area (Å²) in [7, 11) is 0.